The van der Waals surface area contributed by atoms with Crippen molar-refractivity contribution >= 4 is 40.7 Å². The van der Waals surface area contributed by atoms with Gasteiger partial charge in [-0.15, -0.1) is 0 Å². The van der Waals surface area contributed by atoms with Gasteiger partial charge < -0.3 is 15.4 Å². The molecule has 0 aromatic heterocycles. The van der Waals surface area contributed by atoms with Gasteiger partial charge in [0, 0.05) is 29.9 Å². The molecule has 0 aliphatic carbocycles. The molecule has 2 aromatic rings. The normalized spacial score (nSPS) is 11.7. The molecule has 0 heterocycles. The lowest BCUT2D eigenvalue weighted by molar-refractivity contribution is -0.136. The zero-order valence-electron chi connectivity index (χ0n) is 13.2. The Hall–Kier alpha value is -2.15. The lowest BCUT2D eigenvalue weighted by atomic mass is 10.1. The molecule has 0 saturated carbocycles. The molecule has 0 aliphatic heterocycles. The zero-order valence-corrected chi connectivity index (χ0v) is 14.7. The van der Waals surface area contributed by atoms with Crippen molar-refractivity contribution in [1.29, 1.82) is 0 Å². The van der Waals surface area contributed by atoms with Crippen LogP contribution in [0.4, 0.5) is 10.1 Å². The van der Waals surface area contributed by atoms with Crippen LogP contribution < -0.4 is 10.6 Å². The van der Waals surface area contributed by atoms with E-state index in [0.717, 1.165) is 6.07 Å². The van der Waals surface area contributed by atoms with Crippen molar-refractivity contribution < 1.29 is 18.7 Å². The highest BCUT2D eigenvalue weighted by atomic mass is 35.5. The molecule has 2 rings (SSSR count). The van der Waals surface area contributed by atoms with E-state index in [9.17, 15) is 14.0 Å². The lowest BCUT2D eigenvalue weighted by Gasteiger charge is -2.17. The van der Waals surface area contributed by atoms with Crippen molar-refractivity contribution in [3.05, 3.63) is 63.9 Å². The quantitative estimate of drug-likeness (QED) is 0.774. The van der Waals surface area contributed by atoms with Crippen LogP contribution in [0.3, 0.4) is 0 Å². The van der Waals surface area contributed by atoms with Gasteiger partial charge >= 0.3 is 11.8 Å². The number of methoxy groups -OCH3 is 1. The van der Waals surface area contributed by atoms with Crippen molar-refractivity contribution in [2.24, 2.45) is 0 Å². The predicted octanol–water partition coefficient (Wildman–Crippen LogP) is 3.57. The number of carbonyl (C=O) groups excluding carboxylic acids is 2. The molecule has 1 atom stereocenters. The van der Waals surface area contributed by atoms with Crippen LogP contribution in [0.1, 0.15) is 11.7 Å². The molecule has 0 aliphatic rings. The number of rotatable bonds is 5. The van der Waals surface area contributed by atoms with Crippen LogP contribution in [0.2, 0.25) is 10.0 Å². The first-order valence-corrected chi connectivity index (χ1v) is 7.99. The standard InChI is InChI=1S/C17H15Cl2FN2O3/c1-25-15(11-4-2-3-5-12(11)18)9-21-16(23)17(24)22-10-6-7-14(20)13(19)8-10/h2-8,15H,9H2,1H3,(H,21,23)(H,22,24)/t15-/m0/s1. The summed E-state index contributed by atoms with van der Waals surface area (Å²) in [6, 6.07) is 10.6. The third-order valence-corrected chi connectivity index (χ3v) is 4.00. The molecule has 5 nitrogen and oxygen atoms in total. The number of amides is 2. The zero-order chi connectivity index (χ0) is 18.4. The van der Waals surface area contributed by atoms with E-state index in [-0.39, 0.29) is 17.3 Å². The van der Waals surface area contributed by atoms with Crippen LogP contribution in [0.15, 0.2) is 42.5 Å². The van der Waals surface area contributed by atoms with E-state index in [1.165, 1.54) is 19.2 Å². The Balaban J connectivity index is 1.95. The first-order chi connectivity index (χ1) is 11.9. The molecule has 8 heteroatoms. The van der Waals surface area contributed by atoms with Gasteiger partial charge in [0.15, 0.2) is 0 Å². The summed E-state index contributed by atoms with van der Waals surface area (Å²) < 4.78 is 18.4. The molecule has 132 valence electrons. The van der Waals surface area contributed by atoms with E-state index in [1.807, 2.05) is 0 Å². The highest BCUT2D eigenvalue weighted by Gasteiger charge is 2.19. The average molecular weight is 385 g/mol. The number of benzene rings is 2. The second-order valence-corrected chi connectivity index (χ2v) is 5.85. The van der Waals surface area contributed by atoms with Gasteiger partial charge in [-0.3, -0.25) is 9.59 Å². The first-order valence-electron chi connectivity index (χ1n) is 7.24. The van der Waals surface area contributed by atoms with Crippen molar-refractivity contribution in [1.82, 2.24) is 5.32 Å². The summed E-state index contributed by atoms with van der Waals surface area (Å²) >= 11 is 11.7. The smallest absolute Gasteiger partial charge is 0.313 e. The number of carbonyl (C=O) groups is 2. The first kappa shape index (κ1) is 19.2. The summed E-state index contributed by atoms with van der Waals surface area (Å²) in [5.74, 6) is -2.39. The average Bonchev–Trinajstić information content (AvgIpc) is 2.59. The van der Waals surface area contributed by atoms with Crippen LogP contribution in [0.25, 0.3) is 0 Å². The Bertz CT molecular complexity index is 786. The van der Waals surface area contributed by atoms with E-state index < -0.39 is 23.7 Å². The Kier molecular flexibility index (Phi) is 6.75. The van der Waals surface area contributed by atoms with Gasteiger partial charge in [-0.2, -0.15) is 0 Å². The van der Waals surface area contributed by atoms with Gasteiger partial charge in [-0.25, -0.2) is 4.39 Å². The maximum atomic E-state index is 13.1. The molecule has 0 saturated heterocycles. The van der Waals surface area contributed by atoms with Gasteiger partial charge in [0.25, 0.3) is 0 Å². The number of halogens is 3. The fourth-order valence-corrected chi connectivity index (χ4v) is 2.52. The number of hydrogen-bond donors (Lipinski definition) is 2. The molecule has 0 bridgehead atoms. The number of hydrogen-bond acceptors (Lipinski definition) is 3. The number of nitrogens with one attached hydrogen (secondary N) is 2. The Morgan fingerprint density at radius 3 is 2.48 bits per heavy atom. The van der Waals surface area contributed by atoms with Crippen LogP contribution in [0.5, 0.6) is 0 Å². The van der Waals surface area contributed by atoms with Crippen molar-refractivity contribution in [2.45, 2.75) is 6.10 Å². The monoisotopic (exact) mass is 384 g/mol. The molecule has 2 N–H and O–H groups in total. The maximum Gasteiger partial charge on any atom is 0.313 e. The van der Waals surface area contributed by atoms with Gasteiger partial charge in [0.2, 0.25) is 0 Å². The van der Waals surface area contributed by atoms with Crippen molar-refractivity contribution in [2.75, 3.05) is 19.0 Å². The lowest BCUT2D eigenvalue weighted by Crippen LogP contribution is -2.38. The minimum atomic E-state index is -0.906. The summed E-state index contributed by atoms with van der Waals surface area (Å²) in [6.07, 6.45) is -0.509. The molecule has 0 unspecified atom stereocenters. The highest BCUT2D eigenvalue weighted by Crippen LogP contribution is 2.24. The van der Waals surface area contributed by atoms with Crippen LogP contribution in [-0.2, 0) is 14.3 Å². The van der Waals surface area contributed by atoms with E-state index in [1.54, 1.807) is 24.3 Å². The fraction of sp³-hybridized carbons (Fsp3) is 0.176. The Morgan fingerprint density at radius 2 is 1.84 bits per heavy atom. The largest absolute Gasteiger partial charge is 0.375 e. The second kappa shape index (κ2) is 8.80. The van der Waals surface area contributed by atoms with Crippen LogP contribution in [0, 0.1) is 5.82 Å². The number of anilines is 1. The molecular formula is C17H15Cl2FN2O3. The third kappa shape index (κ3) is 5.16. The van der Waals surface area contributed by atoms with E-state index in [0.29, 0.717) is 10.6 Å². The third-order valence-electron chi connectivity index (χ3n) is 3.37. The van der Waals surface area contributed by atoms with Gasteiger partial charge in [-0.05, 0) is 24.3 Å². The summed E-state index contributed by atoms with van der Waals surface area (Å²) in [4.78, 5) is 23.8. The topological polar surface area (TPSA) is 67.4 Å². The second-order valence-electron chi connectivity index (χ2n) is 5.04. The van der Waals surface area contributed by atoms with Crippen molar-refractivity contribution in [3.63, 3.8) is 0 Å². The Labute approximate surface area is 154 Å². The van der Waals surface area contributed by atoms with Crippen LogP contribution in [-0.4, -0.2) is 25.5 Å². The minimum Gasteiger partial charge on any atom is -0.375 e. The predicted molar refractivity (Wildman–Crippen MR) is 94.3 cm³/mol. The molecule has 2 aromatic carbocycles. The summed E-state index contributed by atoms with van der Waals surface area (Å²) in [6.45, 7) is 0.0522. The molecule has 2 amide bonds. The SMILES string of the molecule is CO[C@@H](CNC(=O)C(=O)Nc1ccc(F)c(Cl)c1)c1ccccc1Cl. The summed E-state index contributed by atoms with van der Waals surface area (Å²) in [5.41, 5.74) is 0.902. The molecular weight excluding hydrogens is 370 g/mol. The molecule has 0 radical (unpaired) electrons. The van der Waals surface area contributed by atoms with Crippen LogP contribution >= 0.6 is 23.2 Å². The van der Waals surface area contributed by atoms with Crippen molar-refractivity contribution in [3.8, 4) is 0 Å². The molecule has 0 fully saturated rings. The Morgan fingerprint density at radius 1 is 1.12 bits per heavy atom. The van der Waals surface area contributed by atoms with Gasteiger partial charge in [-0.1, -0.05) is 41.4 Å². The van der Waals surface area contributed by atoms with E-state index in [2.05, 4.69) is 10.6 Å². The summed E-state index contributed by atoms with van der Waals surface area (Å²) in [5, 5.41) is 5.14. The minimum absolute atomic E-state index is 0.0522. The maximum absolute atomic E-state index is 13.1. The number of ether oxygens (including phenoxy) is 1. The fourth-order valence-electron chi connectivity index (χ4n) is 2.08. The summed E-state index contributed by atoms with van der Waals surface area (Å²) in [7, 11) is 1.47. The molecule has 25 heavy (non-hydrogen) atoms. The van der Waals surface area contributed by atoms with Gasteiger partial charge in [0.1, 0.15) is 11.9 Å². The molecule has 0 spiro atoms. The van der Waals surface area contributed by atoms with E-state index in [4.69, 9.17) is 27.9 Å². The van der Waals surface area contributed by atoms with E-state index >= 15 is 0 Å². The van der Waals surface area contributed by atoms with Gasteiger partial charge in [0.05, 0.1) is 5.02 Å². The highest BCUT2D eigenvalue weighted by molar-refractivity contribution is 6.39.